The van der Waals surface area contributed by atoms with Crippen LogP contribution in [0.25, 0.3) is 0 Å². The van der Waals surface area contributed by atoms with Gasteiger partial charge in [-0.15, -0.1) is 11.3 Å². The fraction of sp³-hybridized carbons (Fsp3) is 0.500. The SMILES string of the molecule is CCOCc1ccccc1CNCc1cnc(N(CC)CC)s1. The Kier molecular flexibility index (Phi) is 7.52. The fourth-order valence-electron chi connectivity index (χ4n) is 2.42. The zero-order valence-corrected chi connectivity index (χ0v) is 15.2. The van der Waals surface area contributed by atoms with E-state index in [0.29, 0.717) is 6.61 Å². The Bertz CT molecular complexity index is 581. The largest absolute Gasteiger partial charge is 0.377 e. The predicted octanol–water partition coefficient (Wildman–Crippen LogP) is 3.82. The molecule has 0 spiro atoms. The van der Waals surface area contributed by atoms with E-state index in [9.17, 15) is 0 Å². The van der Waals surface area contributed by atoms with Gasteiger partial charge in [0.15, 0.2) is 5.13 Å². The lowest BCUT2D eigenvalue weighted by molar-refractivity contribution is 0.133. The number of hydrogen-bond donors (Lipinski definition) is 1. The third kappa shape index (κ3) is 5.30. The summed E-state index contributed by atoms with van der Waals surface area (Å²) in [5.74, 6) is 0. The average Bonchev–Trinajstić information content (AvgIpc) is 3.04. The van der Waals surface area contributed by atoms with Crippen molar-refractivity contribution < 1.29 is 4.74 Å². The van der Waals surface area contributed by atoms with Crippen molar-refractivity contribution in [2.45, 2.75) is 40.5 Å². The van der Waals surface area contributed by atoms with Crippen molar-refractivity contribution in [3.05, 3.63) is 46.5 Å². The number of aromatic nitrogens is 1. The van der Waals surface area contributed by atoms with Gasteiger partial charge in [-0.1, -0.05) is 24.3 Å². The molecule has 23 heavy (non-hydrogen) atoms. The maximum atomic E-state index is 5.54. The van der Waals surface area contributed by atoms with Crippen molar-refractivity contribution in [1.82, 2.24) is 10.3 Å². The van der Waals surface area contributed by atoms with E-state index in [1.165, 1.54) is 16.0 Å². The van der Waals surface area contributed by atoms with Crippen molar-refractivity contribution in [1.29, 1.82) is 0 Å². The summed E-state index contributed by atoms with van der Waals surface area (Å²) in [6, 6.07) is 8.45. The number of rotatable bonds is 10. The monoisotopic (exact) mass is 333 g/mol. The molecule has 0 saturated carbocycles. The van der Waals surface area contributed by atoms with Gasteiger partial charge in [0.1, 0.15) is 0 Å². The highest BCUT2D eigenvalue weighted by Crippen LogP contribution is 2.22. The van der Waals surface area contributed by atoms with Gasteiger partial charge in [0.2, 0.25) is 0 Å². The first-order valence-corrected chi connectivity index (χ1v) is 9.15. The maximum Gasteiger partial charge on any atom is 0.185 e. The van der Waals surface area contributed by atoms with Crippen molar-refractivity contribution in [2.24, 2.45) is 0 Å². The van der Waals surface area contributed by atoms with Crippen molar-refractivity contribution in [3.8, 4) is 0 Å². The van der Waals surface area contributed by atoms with Crippen molar-refractivity contribution >= 4 is 16.5 Å². The third-order valence-electron chi connectivity index (χ3n) is 3.77. The molecule has 0 radical (unpaired) electrons. The Morgan fingerprint density at radius 1 is 1.09 bits per heavy atom. The Hall–Kier alpha value is -1.43. The molecular weight excluding hydrogens is 306 g/mol. The van der Waals surface area contributed by atoms with Gasteiger partial charge in [-0.25, -0.2) is 4.98 Å². The molecular formula is C18H27N3OS. The summed E-state index contributed by atoms with van der Waals surface area (Å²) in [6.45, 7) is 11.5. The smallest absolute Gasteiger partial charge is 0.185 e. The van der Waals surface area contributed by atoms with Crippen LogP contribution < -0.4 is 10.2 Å². The molecule has 4 nitrogen and oxygen atoms in total. The highest BCUT2D eigenvalue weighted by atomic mass is 32.1. The van der Waals surface area contributed by atoms with Crippen LogP contribution >= 0.6 is 11.3 Å². The second-order valence-electron chi connectivity index (χ2n) is 5.29. The second-order valence-corrected chi connectivity index (χ2v) is 6.38. The van der Waals surface area contributed by atoms with Gasteiger partial charge in [-0.05, 0) is 31.9 Å². The molecule has 0 aliphatic rings. The minimum Gasteiger partial charge on any atom is -0.377 e. The van der Waals surface area contributed by atoms with E-state index in [1.807, 2.05) is 13.1 Å². The summed E-state index contributed by atoms with van der Waals surface area (Å²) in [5.41, 5.74) is 2.56. The van der Waals surface area contributed by atoms with E-state index in [4.69, 9.17) is 4.74 Å². The van der Waals surface area contributed by atoms with Gasteiger partial charge in [0, 0.05) is 43.9 Å². The second kappa shape index (κ2) is 9.65. The van der Waals surface area contributed by atoms with Gasteiger partial charge in [-0.3, -0.25) is 0 Å². The first kappa shape index (κ1) is 17.9. The molecule has 0 atom stereocenters. The number of anilines is 1. The molecule has 126 valence electrons. The van der Waals surface area contributed by atoms with E-state index in [-0.39, 0.29) is 0 Å². The Labute approximate surface area is 143 Å². The Balaban J connectivity index is 1.88. The number of thiazole rings is 1. The molecule has 0 amide bonds. The first-order valence-electron chi connectivity index (χ1n) is 8.33. The molecule has 0 bridgehead atoms. The summed E-state index contributed by atoms with van der Waals surface area (Å²) in [5, 5.41) is 4.63. The topological polar surface area (TPSA) is 37.4 Å². The van der Waals surface area contributed by atoms with Crippen LogP contribution in [0.2, 0.25) is 0 Å². The minimum absolute atomic E-state index is 0.682. The highest BCUT2D eigenvalue weighted by molar-refractivity contribution is 7.15. The van der Waals surface area contributed by atoms with Crippen LogP contribution in [0.4, 0.5) is 5.13 Å². The summed E-state index contributed by atoms with van der Waals surface area (Å²) in [6.07, 6.45) is 1.98. The van der Waals surface area contributed by atoms with Crippen molar-refractivity contribution in [2.75, 3.05) is 24.6 Å². The summed E-state index contributed by atoms with van der Waals surface area (Å²) in [7, 11) is 0. The Morgan fingerprint density at radius 2 is 1.83 bits per heavy atom. The van der Waals surface area contributed by atoms with Gasteiger partial charge in [0.05, 0.1) is 6.61 Å². The number of nitrogens with one attached hydrogen (secondary N) is 1. The van der Waals surface area contributed by atoms with Gasteiger partial charge >= 0.3 is 0 Å². The standard InChI is InChI=1S/C18H27N3OS/c1-4-21(5-2)18-20-13-17(23-18)12-19-11-15-9-7-8-10-16(15)14-22-6-3/h7-10,13,19H,4-6,11-12,14H2,1-3H3. The average molecular weight is 334 g/mol. The Morgan fingerprint density at radius 3 is 2.52 bits per heavy atom. The number of hydrogen-bond acceptors (Lipinski definition) is 5. The molecule has 1 aromatic carbocycles. The summed E-state index contributed by atoms with van der Waals surface area (Å²) in [4.78, 5) is 8.08. The van der Waals surface area contributed by atoms with Crippen LogP contribution in [0.3, 0.4) is 0 Å². The lowest BCUT2D eigenvalue weighted by Gasteiger charge is -2.16. The van der Waals surface area contributed by atoms with Crippen LogP contribution in [-0.2, 0) is 24.4 Å². The normalized spacial score (nSPS) is 10.9. The van der Waals surface area contributed by atoms with E-state index < -0.39 is 0 Å². The molecule has 1 N–H and O–H groups in total. The van der Waals surface area contributed by atoms with Gasteiger partial charge in [-0.2, -0.15) is 0 Å². The van der Waals surface area contributed by atoms with Crippen LogP contribution in [0.15, 0.2) is 30.5 Å². The van der Waals surface area contributed by atoms with E-state index >= 15 is 0 Å². The third-order valence-corrected chi connectivity index (χ3v) is 4.83. The van der Waals surface area contributed by atoms with Crippen LogP contribution in [0, 0.1) is 0 Å². The zero-order chi connectivity index (χ0) is 16.5. The van der Waals surface area contributed by atoms with E-state index in [0.717, 1.165) is 37.9 Å². The summed E-state index contributed by atoms with van der Waals surface area (Å²) >= 11 is 1.77. The number of nitrogens with zero attached hydrogens (tertiary/aromatic N) is 2. The lowest BCUT2D eigenvalue weighted by Crippen LogP contribution is -2.21. The van der Waals surface area contributed by atoms with Crippen LogP contribution in [0.1, 0.15) is 36.8 Å². The van der Waals surface area contributed by atoms with Crippen LogP contribution in [-0.4, -0.2) is 24.7 Å². The molecule has 0 saturated heterocycles. The molecule has 0 aliphatic carbocycles. The van der Waals surface area contributed by atoms with Gasteiger partial charge in [0.25, 0.3) is 0 Å². The van der Waals surface area contributed by atoms with E-state index in [2.05, 4.69) is 53.3 Å². The number of benzene rings is 1. The molecule has 2 rings (SSSR count). The quantitative estimate of drug-likeness (QED) is 0.717. The maximum absolute atomic E-state index is 5.54. The minimum atomic E-state index is 0.682. The predicted molar refractivity (Wildman–Crippen MR) is 98.0 cm³/mol. The number of ether oxygens (including phenoxy) is 1. The molecule has 1 aromatic heterocycles. The molecule has 1 heterocycles. The molecule has 0 aliphatic heterocycles. The first-order chi connectivity index (χ1) is 11.3. The van der Waals surface area contributed by atoms with Gasteiger partial charge < -0.3 is 15.0 Å². The van der Waals surface area contributed by atoms with E-state index in [1.54, 1.807) is 11.3 Å². The summed E-state index contributed by atoms with van der Waals surface area (Å²) < 4.78 is 5.54. The highest BCUT2D eigenvalue weighted by Gasteiger charge is 2.08. The van der Waals surface area contributed by atoms with Crippen molar-refractivity contribution in [3.63, 3.8) is 0 Å². The molecule has 0 unspecified atom stereocenters. The molecule has 5 heteroatoms. The van der Waals surface area contributed by atoms with Crippen LogP contribution in [0.5, 0.6) is 0 Å². The molecule has 2 aromatic rings. The zero-order valence-electron chi connectivity index (χ0n) is 14.3. The fourth-order valence-corrected chi connectivity index (χ4v) is 3.43. The lowest BCUT2D eigenvalue weighted by atomic mass is 10.1. The molecule has 0 fully saturated rings.